The molecular weight excluding hydrogens is 254 g/mol. The number of ether oxygens (including phenoxy) is 1. The summed E-state index contributed by atoms with van der Waals surface area (Å²) < 4.78 is 5.39. The molecule has 1 aliphatic rings. The number of carbonyl (C=O) groups excluding carboxylic acids is 1. The first-order chi connectivity index (χ1) is 9.52. The summed E-state index contributed by atoms with van der Waals surface area (Å²) in [6.07, 6.45) is 3.25. The molecule has 0 spiro atoms. The van der Waals surface area contributed by atoms with Crippen molar-refractivity contribution >= 4 is 5.91 Å². The number of carbonyl (C=O) groups is 1. The van der Waals surface area contributed by atoms with Crippen LogP contribution in [0.2, 0.25) is 0 Å². The van der Waals surface area contributed by atoms with Gasteiger partial charge in [0.15, 0.2) is 0 Å². The maximum absolute atomic E-state index is 12.4. The van der Waals surface area contributed by atoms with Gasteiger partial charge in [-0.25, -0.2) is 0 Å². The van der Waals surface area contributed by atoms with Crippen LogP contribution in [0.3, 0.4) is 0 Å². The van der Waals surface area contributed by atoms with Crippen molar-refractivity contribution in [2.45, 2.75) is 25.4 Å². The first-order valence-electron chi connectivity index (χ1n) is 6.87. The van der Waals surface area contributed by atoms with E-state index in [1.165, 1.54) is 0 Å². The van der Waals surface area contributed by atoms with Crippen LogP contribution in [0.25, 0.3) is 0 Å². The minimum absolute atomic E-state index is 0.0414. The van der Waals surface area contributed by atoms with Crippen molar-refractivity contribution in [3.8, 4) is 5.75 Å². The van der Waals surface area contributed by atoms with Crippen molar-refractivity contribution in [1.29, 1.82) is 0 Å². The van der Waals surface area contributed by atoms with E-state index in [2.05, 4.69) is 6.58 Å². The van der Waals surface area contributed by atoms with E-state index in [0.717, 1.165) is 12.8 Å². The molecule has 1 aromatic rings. The number of amides is 1. The molecule has 2 rings (SSSR count). The third kappa shape index (κ3) is 3.61. The fourth-order valence-electron chi connectivity index (χ4n) is 2.42. The topological polar surface area (TPSA) is 49.8 Å². The molecule has 0 bridgehead atoms. The van der Waals surface area contributed by atoms with Crippen molar-refractivity contribution < 1.29 is 14.6 Å². The van der Waals surface area contributed by atoms with Crippen LogP contribution in [-0.4, -0.2) is 41.2 Å². The first kappa shape index (κ1) is 14.6. The second-order valence-corrected chi connectivity index (χ2v) is 5.45. The largest absolute Gasteiger partial charge is 0.490 e. The lowest BCUT2D eigenvalue weighted by Gasteiger charge is -2.36. The number of piperidine rings is 1. The Morgan fingerprint density at radius 3 is 2.80 bits per heavy atom. The van der Waals surface area contributed by atoms with E-state index in [-0.39, 0.29) is 5.91 Å². The summed E-state index contributed by atoms with van der Waals surface area (Å²) in [5, 5.41) is 10.1. The Hall–Kier alpha value is -1.81. The molecule has 0 aromatic heterocycles. The van der Waals surface area contributed by atoms with Gasteiger partial charge in [-0.05, 0) is 44.0 Å². The molecule has 0 saturated carbocycles. The average molecular weight is 275 g/mol. The van der Waals surface area contributed by atoms with Gasteiger partial charge in [0.2, 0.25) is 0 Å². The molecule has 1 heterocycles. The van der Waals surface area contributed by atoms with Crippen LogP contribution in [0.15, 0.2) is 36.9 Å². The molecule has 20 heavy (non-hydrogen) atoms. The highest BCUT2D eigenvalue weighted by atomic mass is 16.5. The summed E-state index contributed by atoms with van der Waals surface area (Å²) in [6, 6.07) is 7.06. The number of hydrogen-bond donors (Lipinski definition) is 1. The maximum Gasteiger partial charge on any atom is 0.253 e. The lowest BCUT2D eigenvalue weighted by molar-refractivity contribution is -0.0107. The quantitative estimate of drug-likeness (QED) is 0.857. The van der Waals surface area contributed by atoms with Gasteiger partial charge < -0.3 is 14.7 Å². The molecule has 108 valence electrons. The van der Waals surface area contributed by atoms with Gasteiger partial charge >= 0.3 is 0 Å². The number of benzene rings is 1. The van der Waals surface area contributed by atoms with Gasteiger partial charge in [-0.1, -0.05) is 12.7 Å². The highest BCUT2D eigenvalue weighted by molar-refractivity contribution is 5.94. The summed E-state index contributed by atoms with van der Waals surface area (Å²) in [4.78, 5) is 14.1. The van der Waals surface area contributed by atoms with Gasteiger partial charge in [-0.15, -0.1) is 0 Å². The minimum atomic E-state index is -0.777. The van der Waals surface area contributed by atoms with Crippen molar-refractivity contribution in [3.63, 3.8) is 0 Å². The van der Waals surface area contributed by atoms with Gasteiger partial charge in [0.25, 0.3) is 5.91 Å². The van der Waals surface area contributed by atoms with E-state index >= 15 is 0 Å². The fraction of sp³-hybridized carbons (Fsp3) is 0.438. The smallest absolute Gasteiger partial charge is 0.253 e. The SMILES string of the molecule is C=CCOc1ccc(C(=O)N2CCCC(C)(O)C2)cc1. The predicted octanol–water partition coefficient (Wildman–Crippen LogP) is 2.24. The molecule has 4 heteroatoms. The summed E-state index contributed by atoms with van der Waals surface area (Å²) in [5.41, 5.74) is -0.158. The molecule has 1 saturated heterocycles. The number of aliphatic hydroxyl groups is 1. The Balaban J connectivity index is 2.03. The van der Waals surface area contributed by atoms with Gasteiger partial charge in [0.05, 0.1) is 5.60 Å². The molecular formula is C16H21NO3. The zero-order valence-corrected chi connectivity index (χ0v) is 11.8. The number of nitrogens with zero attached hydrogens (tertiary/aromatic N) is 1. The van der Waals surface area contributed by atoms with Crippen LogP contribution in [0, 0.1) is 0 Å². The van der Waals surface area contributed by atoms with E-state index in [9.17, 15) is 9.90 Å². The summed E-state index contributed by atoms with van der Waals surface area (Å²) in [7, 11) is 0. The van der Waals surface area contributed by atoms with Crippen LogP contribution in [0.1, 0.15) is 30.1 Å². The Kier molecular flexibility index (Phi) is 4.45. The molecule has 1 aliphatic heterocycles. The fourth-order valence-corrected chi connectivity index (χ4v) is 2.42. The predicted molar refractivity (Wildman–Crippen MR) is 77.9 cm³/mol. The molecule has 1 unspecified atom stereocenters. The average Bonchev–Trinajstić information content (AvgIpc) is 2.44. The van der Waals surface area contributed by atoms with Crippen LogP contribution in [-0.2, 0) is 0 Å². The molecule has 4 nitrogen and oxygen atoms in total. The van der Waals surface area contributed by atoms with Crippen LogP contribution in [0.4, 0.5) is 0 Å². The Morgan fingerprint density at radius 2 is 2.20 bits per heavy atom. The van der Waals surface area contributed by atoms with Gasteiger partial charge in [0.1, 0.15) is 12.4 Å². The van der Waals surface area contributed by atoms with E-state index < -0.39 is 5.60 Å². The van der Waals surface area contributed by atoms with E-state index in [4.69, 9.17) is 4.74 Å². The zero-order chi connectivity index (χ0) is 14.6. The molecule has 1 N–H and O–H groups in total. The lowest BCUT2D eigenvalue weighted by atomic mass is 9.94. The first-order valence-corrected chi connectivity index (χ1v) is 6.87. The van der Waals surface area contributed by atoms with Gasteiger partial charge in [-0.3, -0.25) is 4.79 Å². The normalized spacial score (nSPS) is 22.4. The molecule has 1 fully saturated rings. The second-order valence-electron chi connectivity index (χ2n) is 5.45. The lowest BCUT2D eigenvalue weighted by Crippen LogP contribution is -2.48. The zero-order valence-electron chi connectivity index (χ0n) is 11.8. The third-order valence-corrected chi connectivity index (χ3v) is 3.43. The number of rotatable bonds is 4. The monoisotopic (exact) mass is 275 g/mol. The van der Waals surface area contributed by atoms with Crippen molar-refractivity contribution in [2.24, 2.45) is 0 Å². The van der Waals surface area contributed by atoms with E-state index in [1.807, 2.05) is 0 Å². The molecule has 1 atom stereocenters. The van der Waals surface area contributed by atoms with Crippen molar-refractivity contribution in [3.05, 3.63) is 42.5 Å². The Bertz CT molecular complexity index is 479. The summed E-state index contributed by atoms with van der Waals surface area (Å²) in [5.74, 6) is 0.673. The van der Waals surface area contributed by atoms with Crippen LogP contribution in [0.5, 0.6) is 5.75 Å². The molecule has 1 aromatic carbocycles. The Labute approximate surface area is 119 Å². The highest BCUT2D eigenvalue weighted by Crippen LogP contribution is 2.22. The molecule has 1 amide bonds. The minimum Gasteiger partial charge on any atom is -0.490 e. The summed E-state index contributed by atoms with van der Waals surface area (Å²) in [6.45, 7) is 6.90. The standard InChI is InChI=1S/C16H21NO3/c1-3-11-20-14-7-5-13(6-8-14)15(18)17-10-4-9-16(2,19)12-17/h3,5-8,19H,1,4,9-12H2,2H3. The van der Waals surface area contributed by atoms with Crippen LogP contribution >= 0.6 is 0 Å². The van der Waals surface area contributed by atoms with Gasteiger partial charge in [0, 0.05) is 18.7 Å². The van der Waals surface area contributed by atoms with E-state index in [1.54, 1.807) is 42.2 Å². The third-order valence-electron chi connectivity index (χ3n) is 3.43. The Morgan fingerprint density at radius 1 is 1.50 bits per heavy atom. The number of likely N-dealkylation sites (tertiary alicyclic amines) is 1. The number of hydrogen-bond acceptors (Lipinski definition) is 3. The maximum atomic E-state index is 12.4. The summed E-state index contributed by atoms with van der Waals surface area (Å²) >= 11 is 0. The van der Waals surface area contributed by atoms with Crippen molar-refractivity contribution in [2.75, 3.05) is 19.7 Å². The van der Waals surface area contributed by atoms with E-state index in [0.29, 0.717) is 31.0 Å². The number of β-amino-alcohol motifs (C(OH)–C–C–N with tert-alkyl or cyclic N) is 1. The molecule has 0 radical (unpaired) electrons. The van der Waals surface area contributed by atoms with Crippen molar-refractivity contribution in [1.82, 2.24) is 4.90 Å². The van der Waals surface area contributed by atoms with Gasteiger partial charge in [-0.2, -0.15) is 0 Å². The molecule has 0 aliphatic carbocycles. The van der Waals surface area contributed by atoms with Crippen LogP contribution < -0.4 is 4.74 Å². The highest BCUT2D eigenvalue weighted by Gasteiger charge is 2.31. The second kappa shape index (κ2) is 6.09.